The van der Waals surface area contributed by atoms with Gasteiger partial charge in [0.05, 0.1) is 5.69 Å². The number of halogens is 1. The van der Waals surface area contributed by atoms with Crippen molar-refractivity contribution >= 4 is 27.7 Å². The first-order chi connectivity index (χ1) is 13.5. The number of nitrogens with one attached hydrogen (secondary N) is 1. The summed E-state index contributed by atoms with van der Waals surface area (Å²) in [7, 11) is 0. The number of benzene rings is 1. The van der Waals surface area contributed by atoms with E-state index in [2.05, 4.69) is 27.8 Å². The second kappa shape index (κ2) is 9.57. The van der Waals surface area contributed by atoms with Gasteiger partial charge in [-0.15, -0.1) is 0 Å². The van der Waals surface area contributed by atoms with Gasteiger partial charge in [0.2, 0.25) is 5.89 Å². The number of carbonyl (C=O) groups excluding carboxylic acids is 1. The number of aromatic nitrogens is 1. The standard InChI is InChI=1S/C22H30BrN3O3/c1-13(14(2)22(4,5)29-21(25)27)12-18(24)10-11-19-15(3)28-20(26-19)16-6-8-17(23)9-7-16/h6-9,13-14,24H,10-12H2,1-5H3,(H2,25,27). The Bertz CT molecular complexity index is 859. The average Bonchev–Trinajstić information content (AvgIpc) is 2.99. The van der Waals surface area contributed by atoms with Crippen LogP contribution in [0.25, 0.3) is 11.5 Å². The fraction of sp³-hybridized carbons (Fsp3) is 0.500. The highest BCUT2D eigenvalue weighted by Crippen LogP contribution is 2.30. The number of nitrogens with two attached hydrogens (primary N) is 1. The highest BCUT2D eigenvalue weighted by molar-refractivity contribution is 9.10. The molecule has 0 aliphatic carbocycles. The molecule has 7 heteroatoms. The number of hydrogen-bond acceptors (Lipinski definition) is 5. The molecule has 158 valence electrons. The van der Waals surface area contributed by atoms with Crippen LogP contribution in [0.15, 0.2) is 33.2 Å². The van der Waals surface area contributed by atoms with Gasteiger partial charge in [-0.05, 0) is 76.1 Å². The second-order valence-corrected chi connectivity index (χ2v) is 9.04. The van der Waals surface area contributed by atoms with Crippen molar-refractivity contribution in [1.29, 1.82) is 5.41 Å². The number of primary amides is 1. The minimum atomic E-state index is -0.771. The molecule has 0 bridgehead atoms. The molecule has 0 aliphatic heterocycles. The first-order valence-electron chi connectivity index (χ1n) is 9.76. The zero-order valence-corrected chi connectivity index (χ0v) is 19.3. The van der Waals surface area contributed by atoms with Crippen LogP contribution in [-0.2, 0) is 11.2 Å². The lowest BCUT2D eigenvalue weighted by atomic mass is 9.79. The Morgan fingerprint density at radius 1 is 1.31 bits per heavy atom. The normalized spacial score (nSPS) is 13.7. The van der Waals surface area contributed by atoms with E-state index in [4.69, 9.17) is 20.3 Å². The maximum atomic E-state index is 11.1. The molecule has 2 atom stereocenters. The molecule has 0 fully saturated rings. The predicted molar refractivity (Wildman–Crippen MR) is 118 cm³/mol. The number of carbonyl (C=O) groups is 1. The quantitative estimate of drug-likeness (QED) is 0.451. The molecule has 2 unspecified atom stereocenters. The van der Waals surface area contributed by atoms with Crippen molar-refractivity contribution in [3.05, 3.63) is 40.2 Å². The molecule has 29 heavy (non-hydrogen) atoms. The summed E-state index contributed by atoms with van der Waals surface area (Å²) in [5.41, 5.74) is 6.95. The molecule has 0 spiro atoms. The van der Waals surface area contributed by atoms with E-state index in [1.807, 2.05) is 52.0 Å². The molecule has 0 saturated heterocycles. The minimum Gasteiger partial charge on any atom is -0.443 e. The van der Waals surface area contributed by atoms with Crippen LogP contribution in [-0.4, -0.2) is 22.4 Å². The zero-order valence-electron chi connectivity index (χ0n) is 17.7. The van der Waals surface area contributed by atoms with Gasteiger partial charge in [0.25, 0.3) is 0 Å². The Labute approximate surface area is 180 Å². The predicted octanol–water partition coefficient (Wildman–Crippen LogP) is 5.90. The van der Waals surface area contributed by atoms with Gasteiger partial charge in [0.15, 0.2) is 0 Å². The van der Waals surface area contributed by atoms with Gasteiger partial charge >= 0.3 is 6.09 Å². The summed E-state index contributed by atoms with van der Waals surface area (Å²) in [5.74, 6) is 1.62. The lowest BCUT2D eigenvalue weighted by Gasteiger charge is -2.34. The average molecular weight is 464 g/mol. The van der Waals surface area contributed by atoms with E-state index in [1.54, 1.807) is 0 Å². The van der Waals surface area contributed by atoms with E-state index in [0.29, 0.717) is 30.9 Å². The van der Waals surface area contributed by atoms with Crippen molar-refractivity contribution in [2.75, 3.05) is 0 Å². The van der Waals surface area contributed by atoms with E-state index in [-0.39, 0.29) is 11.8 Å². The van der Waals surface area contributed by atoms with Crippen molar-refractivity contribution in [3.63, 3.8) is 0 Å². The van der Waals surface area contributed by atoms with E-state index in [1.165, 1.54) is 0 Å². The van der Waals surface area contributed by atoms with E-state index >= 15 is 0 Å². The fourth-order valence-electron chi connectivity index (χ4n) is 3.35. The topological polar surface area (TPSA) is 102 Å². The molecule has 0 radical (unpaired) electrons. The van der Waals surface area contributed by atoms with Crippen LogP contribution in [0.2, 0.25) is 0 Å². The van der Waals surface area contributed by atoms with Crippen molar-refractivity contribution in [1.82, 2.24) is 4.98 Å². The SMILES string of the molecule is Cc1oc(-c2ccc(Br)cc2)nc1CCC(=N)CC(C)C(C)C(C)(C)OC(N)=O. The number of ether oxygens (including phenoxy) is 1. The zero-order chi connectivity index (χ0) is 21.8. The third-order valence-corrected chi connectivity index (χ3v) is 6.06. The Hall–Kier alpha value is -2.15. The lowest BCUT2D eigenvalue weighted by molar-refractivity contribution is -0.0122. The summed E-state index contributed by atoms with van der Waals surface area (Å²) in [6, 6.07) is 7.83. The van der Waals surface area contributed by atoms with Crippen molar-refractivity contribution < 1.29 is 13.9 Å². The number of amides is 1. The molecule has 3 N–H and O–H groups in total. The van der Waals surface area contributed by atoms with E-state index in [0.717, 1.165) is 21.5 Å². The monoisotopic (exact) mass is 463 g/mol. The van der Waals surface area contributed by atoms with Crippen molar-refractivity contribution in [2.45, 2.75) is 59.5 Å². The highest BCUT2D eigenvalue weighted by atomic mass is 79.9. The summed E-state index contributed by atoms with van der Waals surface area (Å²) in [5, 5.41) is 8.38. The third kappa shape index (κ3) is 6.42. The Balaban J connectivity index is 1.93. The van der Waals surface area contributed by atoms with Gasteiger partial charge in [-0.25, -0.2) is 9.78 Å². The maximum Gasteiger partial charge on any atom is 0.405 e. The third-order valence-electron chi connectivity index (χ3n) is 5.53. The first-order valence-corrected chi connectivity index (χ1v) is 10.6. The molecular weight excluding hydrogens is 434 g/mol. The molecule has 1 heterocycles. The molecule has 2 aromatic rings. The molecular formula is C22H30BrN3O3. The maximum absolute atomic E-state index is 11.1. The molecule has 1 aromatic heterocycles. The smallest absolute Gasteiger partial charge is 0.405 e. The van der Waals surface area contributed by atoms with Crippen molar-refractivity contribution in [2.24, 2.45) is 17.6 Å². The number of oxazole rings is 1. The minimum absolute atomic E-state index is 0.0631. The van der Waals surface area contributed by atoms with Crippen molar-refractivity contribution in [3.8, 4) is 11.5 Å². The van der Waals surface area contributed by atoms with Gasteiger partial charge in [0, 0.05) is 15.7 Å². The van der Waals surface area contributed by atoms with Crippen LogP contribution in [0, 0.1) is 24.2 Å². The molecule has 2 rings (SSSR count). The summed E-state index contributed by atoms with van der Waals surface area (Å²) in [4.78, 5) is 15.7. The van der Waals surface area contributed by atoms with Crippen LogP contribution in [0.5, 0.6) is 0 Å². The fourth-order valence-corrected chi connectivity index (χ4v) is 3.61. The lowest BCUT2D eigenvalue weighted by Crippen LogP contribution is -2.40. The summed E-state index contributed by atoms with van der Waals surface area (Å²) < 4.78 is 12.1. The number of nitrogens with zero attached hydrogens (tertiary/aromatic N) is 1. The molecule has 0 aliphatic rings. The van der Waals surface area contributed by atoms with Crippen LogP contribution in [0.3, 0.4) is 0 Å². The van der Waals surface area contributed by atoms with E-state index < -0.39 is 11.7 Å². The van der Waals surface area contributed by atoms with Gasteiger partial charge in [-0.1, -0.05) is 29.8 Å². The Morgan fingerprint density at radius 3 is 2.52 bits per heavy atom. The second-order valence-electron chi connectivity index (χ2n) is 8.13. The van der Waals surface area contributed by atoms with Gasteiger partial charge < -0.3 is 20.3 Å². The number of rotatable bonds is 9. The van der Waals surface area contributed by atoms with Crippen LogP contribution in [0.4, 0.5) is 4.79 Å². The Kier molecular flexibility index (Phi) is 7.63. The summed E-state index contributed by atoms with van der Waals surface area (Å²) in [6.07, 6.45) is 1.13. The van der Waals surface area contributed by atoms with Crippen LogP contribution in [0.1, 0.15) is 52.0 Å². The summed E-state index contributed by atoms with van der Waals surface area (Å²) in [6.45, 7) is 9.70. The van der Waals surface area contributed by atoms with Gasteiger partial charge in [-0.2, -0.15) is 0 Å². The first kappa shape index (κ1) is 23.1. The summed E-state index contributed by atoms with van der Waals surface area (Å²) >= 11 is 3.43. The van der Waals surface area contributed by atoms with Gasteiger partial charge in [0.1, 0.15) is 11.4 Å². The highest BCUT2D eigenvalue weighted by Gasteiger charge is 2.33. The Morgan fingerprint density at radius 2 is 1.93 bits per heavy atom. The molecule has 1 aromatic carbocycles. The molecule has 1 amide bonds. The van der Waals surface area contributed by atoms with E-state index in [9.17, 15) is 4.79 Å². The number of aryl methyl sites for hydroxylation is 2. The van der Waals surface area contributed by atoms with Crippen LogP contribution < -0.4 is 5.73 Å². The molecule has 6 nitrogen and oxygen atoms in total. The number of hydrogen-bond donors (Lipinski definition) is 2. The van der Waals surface area contributed by atoms with Crippen LogP contribution >= 0.6 is 15.9 Å². The largest absolute Gasteiger partial charge is 0.443 e. The van der Waals surface area contributed by atoms with Gasteiger partial charge in [-0.3, -0.25) is 0 Å². The molecule has 0 saturated carbocycles.